The van der Waals surface area contributed by atoms with Crippen molar-refractivity contribution >= 4 is 22.4 Å². The van der Waals surface area contributed by atoms with Crippen molar-refractivity contribution in [3.8, 4) is 5.75 Å². The number of carbonyl (C=O) groups excluding carboxylic acids is 1. The van der Waals surface area contributed by atoms with E-state index in [1.807, 2.05) is 6.20 Å². The van der Waals surface area contributed by atoms with Crippen molar-refractivity contribution in [2.24, 2.45) is 0 Å². The van der Waals surface area contributed by atoms with E-state index in [-0.39, 0.29) is 18.3 Å². The van der Waals surface area contributed by atoms with Gasteiger partial charge in [0.2, 0.25) is 5.91 Å². The van der Waals surface area contributed by atoms with Gasteiger partial charge in [0.15, 0.2) is 0 Å². The Morgan fingerprint density at radius 2 is 2.32 bits per heavy atom. The van der Waals surface area contributed by atoms with Crippen LogP contribution in [-0.2, 0) is 9.53 Å². The van der Waals surface area contributed by atoms with Gasteiger partial charge in [0.25, 0.3) is 0 Å². The second-order valence-electron chi connectivity index (χ2n) is 4.25. The maximum atomic E-state index is 11.3. The molecule has 0 saturated carbocycles. The molecule has 0 spiro atoms. The minimum absolute atomic E-state index is 0.0297. The first-order chi connectivity index (χ1) is 9.11. The lowest BCUT2D eigenvalue weighted by atomic mass is 10.1. The number of H-pyrrole nitrogens is 1. The summed E-state index contributed by atoms with van der Waals surface area (Å²) in [6, 6.07) is 5.08. The zero-order chi connectivity index (χ0) is 13.8. The number of rotatable bonds is 5. The minimum Gasteiger partial charge on any atom is -0.508 e. The number of aromatic amines is 1. The second kappa shape index (κ2) is 5.58. The van der Waals surface area contributed by atoms with Gasteiger partial charge in [-0.05, 0) is 23.8 Å². The average Bonchev–Trinajstić information content (AvgIpc) is 2.79. The fourth-order valence-corrected chi connectivity index (χ4v) is 1.88. The van der Waals surface area contributed by atoms with Crippen LogP contribution in [0, 0.1) is 0 Å². The normalized spacial score (nSPS) is 10.6. The zero-order valence-electron chi connectivity index (χ0n) is 10.7. The molecule has 0 saturated heterocycles. The predicted molar refractivity (Wildman–Crippen MR) is 73.9 cm³/mol. The van der Waals surface area contributed by atoms with E-state index >= 15 is 0 Å². The summed E-state index contributed by atoms with van der Waals surface area (Å²) in [5.41, 5.74) is 2.56. The van der Waals surface area contributed by atoms with Crippen LogP contribution in [0.5, 0.6) is 5.75 Å². The van der Waals surface area contributed by atoms with Crippen LogP contribution in [0.3, 0.4) is 0 Å². The van der Waals surface area contributed by atoms with Gasteiger partial charge >= 0.3 is 0 Å². The maximum absolute atomic E-state index is 11.3. The number of fused-ring (bicyclic) bond motifs is 1. The number of hydrogen-bond acceptors (Lipinski definition) is 3. The fraction of sp³-hybridized carbons (Fsp3) is 0.214. The molecule has 100 valence electrons. The predicted octanol–water partition coefficient (Wildman–Crippen LogP) is 1.65. The van der Waals surface area contributed by atoms with Crippen LogP contribution in [0.4, 0.5) is 0 Å². The lowest BCUT2D eigenvalue weighted by Gasteiger charge is -2.07. The van der Waals surface area contributed by atoms with E-state index in [9.17, 15) is 9.90 Å². The molecule has 0 unspecified atom stereocenters. The van der Waals surface area contributed by atoms with E-state index in [1.165, 1.54) is 7.11 Å². The highest BCUT2D eigenvalue weighted by Gasteiger charge is 2.09. The highest BCUT2D eigenvalue weighted by atomic mass is 16.5. The van der Waals surface area contributed by atoms with Gasteiger partial charge in [0.05, 0.1) is 0 Å². The van der Waals surface area contributed by atoms with E-state index in [0.717, 1.165) is 22.0 Å². The van der Waals surface area contributed by atoms with Crippen LogP contribution in [0.15, 0.2) is 31.0 Å². The van der Waals surface area contributed by atoms with Crippen LogP contribution in [0.2, 0.25) is 0 Å². The number of carbonyl (C=O) groups is 1. The molecule has 0 bridgehead atoms. The first-order valence-corrected chi connectivity index (χ1v) is 5.85. The summed E-state index contributed by atoms with van der Waals surface area (Å²) < 4.78 is 4.73. The van der Waals surface area contributed by atoms with Crippen molar-refractivity contribution in [1.82, 2.24) is 10.3 Å². The van der Waals surface area contributed by atoms with Gasteiger partial charge in [-0.15, -0.1) is 0 Å². The van der Waals surface area contributed by atoms with Crippen LogP contribution < -0.4 is 5.32 Å². The highest BCUT2D eigenvalue weighted by molar-refractivity contribution is 5.94. The van der Waals surface area contributed by atoms with Gasteiger partial charge in [-0.1, -0.05) is 6.58 Å². The summed E-state index contributed by atoms with van der Waals surface area (Å²) in [5.74, 6) is 0.0101. The molecule has 0 atom stereocenters. The summed E-state index contributed by atoms with van der Waals surface area (Å²) in [4.78, 5) is 14.4. The van der Waals surface area contributed by atoms with Gasteiger partial charge < -0.3 is 20.1 Å². The van der Waals surface area contributed by atoms with Crippen molar-refractivity contribution in [3.63, 3.8) is 0 Å². The lowest BCUT2D eigenvalue weighted by molar-refractivity contribution is -0.124. The molecule has 5 nitrogen and oxygen atoms in total. The lowest BCUT2D eigenvalue weighted by Crippen LogP contribution is -2.28. The van der Waals surface area contributed by atoms with Gasteiger partial charge in [0.1, 0.15) is 12.4 Å². The van der Waals surface area contributed by atoms with Crippen molar-refractivity contribution in [2.75, 3.05) is 20.3 Å². The van der Waals surface area contributed by atoms with Crippen LogP contribution in [0.25, 0.3) is 16.5 Å². The molecule has 2 aromatic rings. The Kier molecular flexibility index (Phi) is 3.87. The fourth-order valence-electron chi connectivity index (χ4n) is 1.88. The topological polar surface area (TPSA) is 74.3 Å². The van der Waals surface area contributed by atoms with Gasteiger partial charge in [-0.2, -0.15) is 0 Å². The quantitative estimate of drug-likeness (QED) is 0.765. The van der Waals surface area contributed by atoms with Gasteiger partial charge in [-0.3, -0.25) is 4.79 Å². The third-order valence-electron chi connectivity index (χ3n) is 2.82. The standard InChI is InChI=1S/C14H16N2O3/c1-9(6-16-14(18)8-19-2)12-7-15-13-4-3-10(17)5-11(12)13/h3-5,7,15,17H,1,6,8H2,2H3,(H,16,18). The van der Waals surface area contributed by atoms with E-state index < -0.39 is 0 Å². The smallest absolute Gasteiger partial charge is 0.246 e. The number of phenolic OH excluding ortho intramolecular Hbond substituents is 1. The first-order valence-electron chi connectivity index (χ1n) is 5.85. The molecule has 19 heavy (non-hydrogen) atoms. The van der Waals surface area contributed by atoms with E-state index in [1.54, 1.807) is 18.2 Å². The summed E-state index contributed by atoms with van der Waals surface area (Å²) >= 11 is 0. The molecule has 0 radical (unpaired) electrons. The molecule has 0 fully saturated rings. The number of phenols is 1. The average molecular weight is 260 g/mol. The largest absolute Gasteiger partial charge is 0.508 e. The third-order valence-corrected chi connectivity index (χ3v) is 2.82. The van der Waals surface area contributed by atoms with Gasteiger partial charge in [0, 0.05) is 36.3 Å². The molecule has 1 aromatic carbocycles. The van der Waals surface area contributed by atoms with E-state index in [4.69, 9.17) is 4.74 Å². The van der Waals surface area contributed by atoms with Crippen LogP contribution in [-0.4, -0.2) is 36.3 Å². The highest BCUT2D eigenvalue weighted by Crippen LogP contribution is 2.26. The Bertz CT molecular complexity index is 616. The maximum Gasteiger partial charge on any atom is 0.246 e. The number of aromatic nitrogens is 1. The summed E-state index contributed by atoms with van der Waals surface area (Å²) in [7, 11) is 1.47. The van der Waals surface area contributed by atoms with Crippen LogP contribution >= 0.6 is 0 Å². The van der Waals surface area contributed by atoms with E-state index in [0.29, 0.717) is 6.54 Å². The number of hydrogen-bond donors (Lipinski definition) is 3. The second-order valence-corrected chi connectivity index (χ2v) is 4.25. The molecule has 2 rings (SSSR count). The zero-order valence-corrected chi connectivity index (χ0v) is 10.7. The number of ether oxygens (including phenoxy) is 1. The van der Waals surface area contributed by atoms with Crippen molar-refractivity contribution < 1.29 is 14.6 Å². The molecule has 0 aliphatic carbocycles. The molecule has 1 amide bonds. The minimum atomic E-state index is -0.189. The summed E-state index contributed by atoms with van der Waals surface area (Å²) in [5, 5.41) is 13.1. The van der Waals surface area contributed by atoms with Crippen molar-refractivity contribution in [3.05, 3.63) is 36.5 Å². The Morgan fingerprint density at radius 3 is 3.05 bits per heavy atom. The number of amides is 1. The molecule has 0 aliphatic heterocycles. The summed E-state index contributed by atoms with van der Waals surface area (Å²) in [6.45, 7) is 4.32. The molecule has 5 heteroatoms. The first kappa shape index (κ1) is 13.2. The van der Waals surface area contributed by atoms with Crippen LogP contribution in [0.1, 0.15) is 5.56 Å². The Morgan fingerprint density at radius 1 is 1.53 bits per heavy atom. The van der Waals surface area contributed by atoms with Crippen molar-refractivity contribution in [1.29, 1.82) is 0 Å². The van der Waals surface area contributed by atoms with Crippen molar-refractivity contribution in [2.45, 2.75) is 0 Å². The molecule has 0 aliphatic rings. The Labute approximate surface area is 110 Å². The molecule has 1 heterocycles. The number of aromatic hydroxyl groups is 1. The molecule has 3 N–H and O–H groups in total. The monoisotopic (exact) mass is 260 g/mol. The molecule has 1 aromatic heterocycles. The summed E-state index contributed by atoms with van der Waals surface area (Å²) in [6.07, 6.45) is 1.81. The number of nitrogens with one attached hydrogen (secondary N) is 2. The number of benzene rings is 1. The number of methoxy groups -OCH3 is 1. The Hall–Kier alpha value is -2.27. The molecular weight excluding hydrogens is 244 g/mol. The van der Waals surface area contributed by atoms with E-state index in [2.05, 4.69) is 16.9 Å². The Balaban J connectivity index is 2.13. The SMILES string of the molecule is C=C(CNC(=O)COC)c1c[nH]c2ccc(O)cc12. The molecular formula is C14H16N2O3. The van der Waals surface area contributed by atoms with Gasteiger partial charge in [-0.25, -0.2) is 0 Å². The third kappa shape index (κ3) is 2.95.